The predicted molar refractivity (Wildman–Crippen MR) is 57.3 cm³/mol. The third-order valence-corrected chi connectivity index (χ3v) is 3.23. The first kappa shape index (κ1) is 15.3. The molecule has 0 amide bonds. The Morgan fingerprint density at radius 3 is 2.40 bits per heavy atom. The summed E-state index contributed by atoms with van der Waals surface area (Å²) >= 11 is 5.30. The summed E-state index contributed by atoms with van der Waals surface area (Å²) in [4.78, 5) is 9.14. The molecule has 0 bridgehead atoms. The first-order valence-electron chi connectivity index (χ1n) is 4.00. The topological polar surface area (TPSA) is 105 Å². The molecule has 92 valence electrons. The minimum atomic E-state index is -3.65. The normalized spacial score (nSPS) is 16.2. The van der Waals surface area contributed by atoms with Crippen molar-refractivity contribution < 1.29 is 22.1 Å². The standard InChI is InChI=1S/C5H14ClN2O5PS/c1-15(11,12)13-5-4-8-14(9,10)7-3-2-6/h2-5H2,1H3,(H3,7,8,9,10). The molecule has 15 heavy (non-hydrogen) atoms. The number of alkyl halides is 1. The second-order valence-corrected chi connectivity index (χ2v) is 6.41. The van der Waals surface area contributed by atoms with Crippen LogP contribution in [-0.2, 0) is 18.9 Å². The van der Waals surface area contributed by atoms with Crippen molar-refractivity contribution in [2.45, 2.75) is 0 Å². The molecule has 0 aromatic rings. The lowest BCUT2D eigenvalue weighted by molar-refractivity contribution is 0.322. The number of nitrogens with one attached hydrogen (secondary N) is 2. The lowest BCUT2D eigenvalue weighted by Gasteiger charge is -2.13. The zero-order valence-electron chi connectivity index (χ0n) is 8.14. The van der Waals surface area contributed by atoms with Gasteiger partial charge in [0.2, 0.25) is 0 Å². The second-order valence-electron chi connectivity index (χ2n) is 2.61. The van der Waals surface area contributed by atoms with E-state index in [2.05, 4.69) is 14.4 Å². The summed E-state index contributed by atoms with van der Waals surface area (Å²) < 4.78 is 36.5. The van der Waals surface area contributed by atoms with Gasteiger partial charge in [-0.2, -0.15) is 8.42 Å². The molecule has 3 N–H and O–H groups in total. The average Bonchev–Trinajstić information content (AvgIpc) is 2.08. The van der Waals surface area contributed by atoms with E-state index in [1.54, 1.807) is 0 Å². The van der Waals surface area contributed by atoms with Crippen molar-refractivity contribution in [3.05, 3.63) is 0 Å². The molecule has 0 aliphatic carbocycles. The molecule has 0 heterocycles. The Hall–Kier alpha value is 0.310. The van der Waals surface area contributed by atoms with Crippen LogP contribution in [0.25, 0.3) is 0 Å². The molecule has 0 rings (SSSR count). The highest BCUT2D eigenvalue weighted by Gasteiger charge is 2.15. The van der Waals surface area contributed by atoms with Crippen LogP contribution in [0.2, 0.25) is 0 Å². The van der Waals surface area contributed by atoms with Gasteiger partial charge in [0.1, 0.15) is 0 Å². The maximum absolute atomic E-state index is 11.2. The van der Waals surface area contributed by atoms with E-state index in [0.717, 1.165) is 6.26 Å². The molecule has 0 aliphatic heterocycles. The maximum atomic E-state index is 11.2. The molecule has 10 heteroatoms. The number of hydrogen-bond acceptors (Lipinski definition) is 4. The smallest absolute Gasteiger partial charge is 0.322 e. The number of rotatable bonds is 8. The van der Waals surface area contributed by atoms with Crippen molar-refractivity contribution in [2.75, 3.05) is 31.8 Å². The van der Waals surface area contributed by atoms with Gasteiger partial charge < -0.3 is 4.89 Å². The summed E-state index contributed by atoms with van der Waals surface area (Å²) in [5.74, 6) is 0.200. The zero-order valence-corrected chi connectivity index (χ0v) is 10.6. The highest BCUT2D eigenvalue weighted by Crippen LogP contribution is 2.28. The van der Waals surface area contributed by atoms with Crippen LogP contribution in [0.5, 0.6) is 0 Å². The minimum Gasteiger partial charge on any atom is -0.322 e. The van der Waals surface area contributed by atoms with E-state index < -0.39 is 17.8 Å². The maximum Gasteiger partial charge on any atom is 0.338 e. The van der Waals surface area contributed by atoms with Crippen LogP contribution in [0.15, 0.2) is 0 Å². The van der Waals surface area contributed by atoms with Gasteiger partial charge in [0.15, 0.2) is 0 Å². The minimum absolute atomic E-state index is 0.0594. The van der Waals surface area contributed by atoms with Crippen molar-refractivity contribution in [3.63, 3.8) is 0 Å². The molecular formula is C5H14ClN2O5PS. The van der Waals surface area contributed by atoms with E-state index in [9.17, 15) is 13.0 Å². The van der Waals surface area contributed by atoms with Crippen molar-refractivity contribution in [2.24, 2.45) is 0 Å². The van der Waals surface area contributed by atoms with E-state index in [1.165, 1.54) is 0 Å². The average molecular weight is 281 g/mol. The lowest BCUT2D eigenvalue weighted by atomic mass is 10.8. The monoisotopic (exact) mass is 280 g/mol. The summed E-state index contributed by atoms with van der Waals surface area (Å²) in [6.07, 6.45) is 0.900. The summed E-state index contributed by atoms with van der Waals surface area (Å²) in [6.45, 7) is -0.0860. The first-order valence-corrected chi connectivity index (χ1v) is 8.01. The van der Waals surface area contributed by atoms with Gasteiger partial charge in [-0.3, -0.25) is 8.75 Å². The molecule has 0 aromatic heterocycles. The fraction of sp³-hybridized carbons (Fsp3) is 1.00. The quantitative estimate of drug-likeness (QED) is 0.238. The van der Waals surface area contributed by atoms with Gasteiger partial charge in [-0.25, -0.2) is 10.2 Å². The van der Waals surface area contributed by atoms with Gasteiger partial charge in [0.25, 0.3) is 10.1 Å². The van der Waals surface area contributed by atoms with E-state index in [1.807, 2.05) is 0 Å². The van der Waals surface area contributed by atoms with Crippen LogP contribution in [0, 0.1) is 0 Å². The number of halogens is 1. The van der Waals surface area contributed by atoms with E-state index in [-0.39, 0.29) is 25.6 Å². The van der Waals surface area contributed by atoms with Crippen molar-refractivity contribution in [1.29, 1.82) is 0 Å². The largest absolute Gasteiger partial charge is 0.338 e. The van der Waals surface area contributed by atoms with Gasteiger partial charge in [0, 0.05) is 19.0 Å². The predicted octanol–water partition coefficient (Wildman–Crippen LogP) is -0.519. The van der Waals surface area contributed by atoms with Crippen LogP contribution in [0.3, 0.4) is 0 Å². The fourth-order valence-corrected chi connectivity index (χ4v) is 2.17. The van der Waals surface area contributed by atoms with E-state index in [4.69, 9.17) is 16.5 Å². The molecule has 0 spiro atoms. The van der Waals surface area contributed by atoms with Gasteiger partial charge in [0.05, 0.1) is 12.9 Å². The molecule has 1 unspecified atom stereocenters. The van der Waals surface area contributed by atoms with E-state index in [0.29, 0.717) is 0 Å². The highest BCUT2D eigenvalue weighted by atomic mass is 35.5. The Labute approximate surface area is 93.8 Å². The van der Waals surface area contributed by atoms with Gasteiger partial charge in [-0.1, -0.05) is 0 Å². The van der Waals surface area contributed by atoms with Crippen LogP contribution >= 0.6 is 19.3 Å². The van der Waals surface area contributed by atoms with Gasteiger partial charge in [-0.05, 0) is 0 Å². The third-order valence-electron chi connectivity index (χ3n) is 1.15. The zero-order chi connectivity index (χ0) is 11.9. The van der Waals surface area contributed by atoms with Crippen molar-refractivity contribution >= 4 is 29.4 Å². The van der Waals surface area contributed by atoms with Gasteiger partial charge >= 0.3 is 7.67 Å². The molecule has 7 nitrogen and oxygen atoms in total. The summed E-state index contributed by atoms with van der Waals surface area (Å²) in [5, 5.41) is 4.49. The molecule has 0 saturated heterocycles. The third kappa shape index (κ3) is 10.6. The summed E-state index contributed by atoms with van der Waals surface area (Å²) in [5.41, 5.74) is 0. The molecule has 0 fully saturated rings. The summed E-state index contributed by atoms with van der Waals surface area (Å²) in [7, 11) is -7.16. The van der Waals surface area contributed by atoms with Crippen LogP contribution in [0.4, 0.5) is 0 Å². The fourth-order valence-electron chi connectivity index (χ4n) is 0.640. The summed E-state index contributed by atoms with van der Waals surface area (Å²) in [6, 6.07) is 0. The Morgan fingerprint density at radius 1 is 1.40 bits per heavy atom. The highest BCUT2D eigenvalue weighted by molar-refractivity contribution is 7.85. The molecule has 1 atom stereocenters. The lowest BCUT2D eigenvalue weighted by Crippen LogP contribution is -2.26. The molecule has 0 saturated carbocycles. The first-order chi connectivity index (χ1) is 6.77. The van der Waals surface area contributed by atoms with Crippen molar-refractivity contribution in [3.8, 4) is 0 Å². The molecule has 0 aliphatic rings. The molecule has 0 aromatic carbocycles. The second kappa shape index (κ2) is 6.80. The number of hydrogen-bond donors (Lipinski definition) is 3. The van der Waals surface area contributed by atoms with Gasteiger partial charge in [-0.15, -0.1) is 11.6 Å². The van der Waals surface area contributed by atoms with E-state index >= 15 is 0 Å². The van der Waals surface area contributed by atoms with Crippen LogP contribution < -0.4 is 10.2 Å². The Kier molecular flexibility index (Phi) is 6.94. The van der Waals surface area contributed by atoms with Crippen LogP contribution in [0.1, 0.15) is 0 Å². The Morgan fingerprint density at radius 2 is 1.93 bits per heavy atom. The SMILES string of the molecule is CS(=O)(=O)OCCNP(=O)(O)NCCCl. The molecular weight excluding hydrogens is 267 g/mol. The van der Waals surface area contributed by atoms with Crippen molar-refractivity contribution in [1.82, 2.24) is 10.2 Å². The molecule has 0 radical (unpaired) electrons. The Balaban J connectivity index is 3.71. The van der Waals surface area contributed by atoms with Crippen LogP contribution in [-0.4, -0.2) is 45.1 Å². The Bertz CT molecular complexity index is 321.